The molecule has 2 rings (SSSR count). The van der Waals surface area contributed by atoms with Gasteiger partial charge in [0.1, 0.15) is 0 Å². The molecule has 2 aromatic carbocycles. The first kappa shape index (κ1) is 13.6. The van der Waals surface area contributed by atoms with Crippen LogP contribution in [-0.4, -0.2) is 20.7 Å². The molecule has 0 radical (unpaired) electrons. The van der Waals surface area contributed by atoms with Gasteiger partial charge in [-0.3, -0.25) is 0 Å². The summed E-state index contributed by atoms with van der Waals surface area (Å²) in [5.41, 5.74) is 3.78. The molecule has 0 amide bonds. The molecule has 0 atom stereocenters. The highest BCUT2D eigenvalue weighted by Gasteiger charge is 1.97. The fraction of sp³-hybridized carbons (Fsp3) is 0.294. The number of nitrogens with zero attached hydrogens (tertiary/aromatic N) is 1. The zero-order valence-electron chi connectivity index (χ0n) is 11.7. The maximum absolute atomic E-state index is 5.69. The van der Waals surface area contributed by atoms with E-state index in [2.05, 4.69) is 55.4 Å². The van der Waals surface area contributed by atoms with Gasteiger partial charge < -0.3 is 9.64 Å². The minimum Gasteiger partial charge on any atom is -0.378 e. The fourth-order valence-corrected chi connectivity index (χ4v) is 1.92. The van der Waals surface area contributed by atoms with Crippen LogP contribution in [0.4, 0.5) is 5.69 Å². The number of ether oxygens (including phenoxy) is 1. The Morgan fingerprint density at radius 3 is 2.16 bits per heavy atom. The summed E-state index contributed by atoms with van der Waals surface area (Å²) in [6, 6.07) is 18.9. The Morgan fingerprint density at radius 1 is 0.842 bits per heavy atom. The molecule has 2 nitrogen and oxygen atoms in total. The predicted octanol–water partition coefficient (Wildman–Crippen LogP) is 3.51. The lowest BCUT2D eigenvalue weighted by Gasteiger charge is -2.12. The van der Waals surface area contributed by atoms with Crippen molar-refractivity contribution in [3.63, 3.8) is 0 Å². The van der Waals surface area contributed by atoms with Crippen molar-refractivity contribution in [2.45, 2.75) is 13.0 Å². The van der Waals surface area contributed by atoms with Gasteiger partial charge in [-0.2, -0.15) is 0 Å². The third kappa shape index (κ3) is 4.42. The second-order valence-corrected chi connectivity index (χ2v) is 4.85. The Morgan fingerprint density at radius 2 is 1.53 bits per heavy atom. The summed E-state index contributed by atoms with van der Waals surface area (Å²) in [4.78, 5) is 2.11. The molecule has 0 aliphatic heterocycles. The number of benzene rings is 2. The van der Waals surface area contributed by atoms with Crippen molar-refractivity contribution in [3.05, 3.63) is 65.7 Å². The van der Waals surface area contributed by atoms with Crippen molar-refractivity contribution in [1.82, 2.24) is 0 Å². The molecule has 0 bridgehead atoms. The fourth-order valence-electron chi connectivity index (χ4n) is 1.92. The predicted molar refractivity (Wildman–Crippen MR) is 80.6 cm³/mol. The number of hydrogen-bond donors (Lipinski definition) is 0. The third-order valence-electron chi connectivity index (χ3n) is 3.10. The van der Waals surface area contributed by atoms with Gasteiger partial charge in [0.15, 0.2) is 0 Å². The first-order valence-electron chi connectivity index (χ1n) is 6.63. The van der Waals surface area contributed by atoms with E-state index in [1.54, 1.807) is 0 Å². The van der Waals surface area contributed by atoms with E-state index in [0.29, 0.717) is 6.61 Å². The smallest absolute Gasteiger partial charge is 0.0717 e. The summed E-state index contributed by atoms with van der Waals surface area (Å²) in [5.74, 6) is 0. The molecule has 0 fully saturated rings. The van der Waals surface area contributed by atoms with Gasteiger partial charge in [0.05, 0.1) is 13.2 Å². The lowest BCUT2D eigenvalue weighted by Crippen LogP contribution is -2.08. The molecule has 100 valence electrons. The molecule has 0 saturated heterocycles. The van der Waals surface area contributed by atoms with Crippen molar-refractivity contribution in [3.8, 4) is 0 Å². The van der Waals surface area contributed by atoms with Crippen LogP contribution >= 0.6 is 0 Å². The Bertz CT molecular complexity index is 476. The van der Waals surface area contributed by atoms with E-state index in [1.807, 2.05) is 18.2 Å². The average Bonchev–Trinajstić information content (AvgIpc) is 2.45. The van der Waals surface area contributed by atoms with Crippen molar-refractivity contribution >= 4 is 5.69 Å². The molecule has 19 heavy (non-hydrogen) atoms. The number of hydrogen-bond acceptors (Lipinski definition) is 2. The molecule has 0 aliphatic carbocycles. The summed E-state index contributed by atoms with van der Waals surface area (Å²) in [5, 5.41) is 0. The highest BCUT2D eigenvalue weighted by molar-refractivity contribution is 5.45. The summed E-state index contributed by atoms with van der Waals surface area (Å²) in [6.45, 7) is 1.45. The highest BCUT2D eigenvalue weighted by Crippen LogP contribution is 2.12. The van der Waals surface area contributed by atoms with Gasteiger partial charge in [-0.1, -0.05) is 42.5 Å². The van der Waals surface area contributed by atoms with Crippen molar-refractivity contribution < 1.29 is 4.74 Å². The van der Waals surface area contributed by atoms with Crippen LogP contribution in [0.15, 0.2) is 54.6 Å². The van der Waals surface area contributed by atoms with Crippen LogP contribution < -0.4 is 4.90 Å². The maximum Gasteiger partial charge on any atom is 0.0717 e. The first-order chi connectivity index (χ1) is 9.25. The van der Waals surface area contributed by atoms with Crippen LogP contribution in [0, 0.1) is 0 Å². The van der Waals surface area contributed by atoms with E-state index in [9.17, 15) is 0 Å². The van der Waals surface area contributed by atoms with Crippen LogP contribution in [0.25, 0.3) is 0 Å². The van der Waals surface area contributed by atoms with Crippen LogP contribution in [-0.2, 0) is 17.8 Å². The first-order valence-corrected chi connectivity index (χ1v) is 6.63. The molecule has 0 heterocycles. The van der Waals surface area contributed by atoms with Crippen LogP contribution in [0.2, 0.25) is 0 Å². The lowest BCUT2D eigenvalue weighted by atomic mass is 10.1. The van der Waals surface area contributed by atoms with Gasteiger partial charge in [-0.15, -0.1) is 0 Å². The summed E-state index contributed by atoms with van der Waals surface area (Å²) < 4.78 is 5.69. The molecule has 0 aromatic heterocycles. The Labute approximate surface area is 115 Å². The van der Waals surface area contributed by atoms with Gasteiger partial charge in [0.25, 0.3) is 0 Å². The molecule has 0 N–H and O–H groups in total. The monoisotopic (exact) mass is 255 g/mol. The molecule has 0 aliphatic rings. The normalized spacial score (nSPS) is 10.4. The van der Waals surface area contributed by atoms with Crippen LogP contribution in [0.1, 0.15) is 11.1 Å². The van der Waals surface area contributed by atoms with E-state index in [0.717, 1.165) is 13.0 Å². The Balaban J connectivity index is 1.74. The summed E-state index contributed by atoms with van der Waals surface area (Å²) in [7, 11) is 4.11. The standard InChI is InChI=1S/C17H21NO/c1-18(2)17-10-8-15(9-11-17)12-13-19-14-16-6-4-3-5-7-16/h3-11H,12-14H2,1-2H3. The van der Waals surface area contributed by atoms with E-state index in [-0.39, 0.29) is 0 Å². The number of anilines is 1. The third-order valence-corrected chi connectivity index (χ3v) is 3.10. The molecule has 2 aromatic rings. The second-order valence-electron chi connectivity index (χ2n) is 4.85. The van der Waals surface area contributed by atoms with E-state index in [4.69, 9.17) is 4.74 Å². The topological polar surface area (TPSA) is 12.5 Å². The van der Waals surface area contributed by atoms with Crippen LogP contribution in [0.3, 0.4) is 0 Å². The molecule has 0 spiro atoms. The molecule has 0 unspecified atom stereocenters. The SMILES string of the molecule is CN(C)c1ccc(CCOCc2ccccc2)cc1. The van der Waals surface area contributed by atoms with Gasteiger partial charge in [-0.05, 0) is 29.7 Å². The zero-order chi connectivity index (χ0) is 13.5. The van der Waals surface area contributed by atoms with Gasteiger partial charge in [0.2, 0.25) is 0 Å². The van der Waals surface area contributed by atoms with Crippen molar-refractivity contribution in [1.29, 1.82) is 0 Å². The van der Waals surface area contributed by atoms with Crippen LogP contribution in [0.5, 0.6) is 0 Å². The summed E-state index contributed by atoms with van der Waals surface area (Å²) in [6.07, 6.45) is 0.959. The molecular weight excluding hydrogens is 234 g/mol. The largest absolute Gasteiger partial charge is 0.378 e. The highest BCUT2D eigenvalue weighted by atomic mass is 16.5. The van der Waals surface area contributed by atoms with Crippen molar-refractivity contribution in [2.24, 2.45) is 0 Å². The molecule has 2 heteroatoms. The Hall–Kier alpha value is -1.80. The average molecular weight is 255 g/mol. The molecular formula is C17H21NO. The van der Waals surface area contributed by atoms with Gasteiger partial charge in [-0.25, -0.2) is 0 Å². The minimum absolute atomic E-state index is 0.691. The number of rotatable bonds is 6. The van der Waals surface area contributed by atoms with E-state index >= 15 is 0 Å². The summed E-state index contributed by atoms with van der Waals surface area (Å²) >= 11 is 0. The quantitative estimate of drug-likeness (QED) is 0.732. The van der Waals surface area contributed by atoms with E-state index < -0.39 is 0 Å². The zero-order valence-corrected chi connectivity index (χ0v) is 11.7. The van der Waals surface area contributed by atoms with Gasteiger partial charge in [0, 0.05) is 19.8 Å². The Kier molecular flexibility index (Phi) is 4.99. The van der Waals surface area contributed by atoms with Crippen molar-refractivity contribution in [2.75, 3.05) is 25.6 Å². The van der Waals surface area contributed by atoms with E-state index in [1.165, 1.54) is 16.8 Å². The minimum atomic E-state index is 0.691. The van der Waals surface area contributed by atoms with Gasteiger partial charge >= 0.3 is 0 Å². The lowest BCUT2D eigenvalue weighted by molar-refractivity contribution is 0.124. The second kappa shape index (κ2) is 6.95. The molecule has 0 saturated carbocycles. The maximum atomic E-state index is 5.69.